The zero-order valence-electron chi connectivity index (χ0n) is 74.6. The Labute approximate surface area is 751 Å². The Balaban J connectivity index is 0.000000686. The zero-order chi connectivity index (χ0) is 87.6. The van der Waals surface area contributed by atoms with Crippen LogP contribution in [0.15, 0.2) is 0 Å². The normalized spacial score (nSPS) is 12.1. The van der Waals surface area contributed by atoms with Gasteiger partial charge in [0, 0.05) is 127 Å². The molecule has 0 radical (unpaired) electrons. The fourth-order valence-electron chi connectivity index (χ4n) is 12.6. The molecule has 0 fully saturated rings. The van der Waals surface area contributed by atoms with Gasteiger partial charge >= 0.3 is 0 Å². The first-order valence-electron chi connectivity index (χ1n) is 40.2. The van der Waals surface area contributed by atoms with Crippen molar-refractivity contribution in [3.8, 4) is 0 Å². The number of rotatable bonds is 43. The van der Waals surface area contributed by atoms with E-state index in [0.717, 1.165) is 167 Å². The van der Waals surface area contributed by atoms with Crippen molar-refractivity contribution >= 4 is 181 Å². The minimum absolute atomic E-state index is 0.0415. The van der Waals surface area contributed by atoms with E-state index in [1.165, 1.54) is 78.8 Å². The maximum atomic E-state index is 5.54. The number of nitrogens with one attached hydrogen (secondary N) is 5. The van der Waals surface area contributed by atoms with E-state index in [1.807, 2.05) is 35.2 Å². The van der Waals surface area contributed by atoms with Crippen LogP contribution >= 0.6 is 147 Å². The molecule has 0 spiro atoms. The lowest BCUT2D eigenvalue weighted by molar-refractivity contribution is 0.126. The Morgan fingerprint density at radius 3 is 0.781 bits per heavy atom. The lowest BCUT2D eigenvalue weighted by atomic mass is 9.83. The standard InChI is InChI=1S/C19H34N2S2.2C14H24N2OS2.2C13H22N2OS2.C12H20N2OS2/c1-7-11-21(12-8-2)14-10-9-13-20(6)16-15(19(3,4)5)17(22)18(16)23;1-14(2,3)10-11(13(19)12(10)18)15-6-8-17-9-7-16(4)5;1-14(2,3)10-11(13(19)12(10)18)16(5)7-9-17-8-6-15-4;1-13(2,3)9-10(12(18)11(9)17)15(4)6-8-16-7-5-14;1-13(2,3)9-10(12(18)11(9)17)15-6-8-16-7-5-14-4;1-12(2,3)8-9(11(17)10(8)16)14-5-7-15-6-4-13/h7-14H2,1-6H3;2*15H,6-9H2,1-5H3;5-8,14H2,1-4H3;14-15H,5-8H2,1-4H3;14H,4-7,13H2,1-3H3. The number of ether oxygens (including phenoxy) is 5. The lowest BCUT2D eigenvalue weighted by Crippen LogP contribution is -2.29. The van der Waals surface area contributed by atoms with Gasteiger partial charge in [-0.25, -0.2) is 0 Å². The van der Waals surface area contributed by atoms with E-state index in [0.29, 0.717) is 59.3 Å². The highest BCUT2D eigenvalue weighted by atomic mass is 32.1. The topological polar surface area (TPSA) is 175 Å². The molecule has 0 atom stereocenters. The molecular formula is C85H146N12O5S12. The van der Waals surface area contributed by atoms with Crippen LogP contribution in [0.2, 0.25) is 0 Å². The molecule has 0 aliphatic carbocycles. The van der Waals surface area contributed by atoms with E-state index in [-0.39, 0.29) is 32.5 Å². The number of nitrogens with zero attached hydrogens (tertiary/aromatic N) is 5. The van der Waals surface area contributed by atoms with Crippen LogP contribution in [-0.2, 0) is 56.2 Å². The average molecular weight is 1800 g/mol. The highest BCUT2D eigenvalue weighted by molar-refractivity contribution is 7.75. The summed E-state index contributed by atoms with van der Waals surface area (Å²) in [6.45, 7) is 62.7. The van der Waals surface area contributed by atoms with E-state index >= 15 is 0 Å². The van der Waals surface area contributed by atoms with E-state index in [9.17, 15) is 0 Å². The molecule has 0 saturated carbocycles. The Hall–Kier alpha value is -2.12. The molecular weight excluding hydrogens is 1650 g/mol. The van der Waals surface area contributed by atoms with Gasteiger partial charge in [-0.2, -0.15) is 0 Å². The minimum atomic E-state index is 0.0415. The van der Waals surface area contributed by atoms with Gasteiger partial charge in [-0.05, 0) is 106 Å². The van der Waals surface area contributed by atoms with Gasteiger partial charge in [0.25, 0.3) is 0 Å². The van der Waals surface area contributed by atoms with Gasteiger partial charge in [0.15, 0.2) is 0 Å². The van der Waals surface area contributed by atoms with Crippen molar-refractivity contribution in [3.63, 3.8) is 0 Å². The molecule has 0 unspecified atom stereocenters. The van der Waals surface area contributed by atoms with E-state index < -0.39 is 0 Å². The van der Waals surface area contributed by atoms with Gasteiger partial charge in [-0.1, -0.05) is 285 Å². The third-order valence-electron chi connectivity index (χ3n) is 18.3. The highest BCUT2D eigenvalue weighted by Crippen LogP contribution is 2.43. The Bertz CT molecular complexity index is 4290. The Morgan fingerprint density at radius 1 is 0.281 bits per heavy atom. The Morgan fingerprint density at radius 2 is 0.518 bits per heavy atom. The summed E-state index contributed by atoms with van der Waals surface area (Å²) >= 11 is 64.2. The number of nitrogens with two attached hydrogens (primary N) is 2. The summed E-state index contributed by atoms with van der Waals surface area (Å²) < 4.78 is 37.3. The summed E-state index contributed by atoms with van der Waals surface area (Å²) in [6, 6.07) is 0. The van der Waals surface area contributed by atoms with Crippen LogP contribution in [0.3, 0.4) is 0 Å². The fraction of sp³-hybridized carbons (Fsp3) is 0.718. The van der Waals surface area contributed by atoms with Gasteiger partial charge < -0.3 is 86.2 Å². The van der Waals surface area contributed by atoms with E-state index in [1.54, 1.807) is 0 Å². The summed E-state index contributed by atoms with van der Waals surface area (Å²) in [4.78, 5) is 11.3. The van der Waals surface area contributed by atoms with Crippen molar-refractivity contribution in [3.05, 3.63) is 87.5 Å². The second kappa shape index (κ2) is 53.0. The average Bonchev–Trinajstić information content (AvgIpc) is 0.744. The van der Waals surface area contributed by atoms with Crippen molar-refractivity contribution < 1.29 is 23.7 Å². The SMILES string of the molecule is CC(C)(C)c1c(NCCOCCN)c(=S)c1=S.CCCN(CCC)CCCCN(C)c1c(C(C)(C)C)c(=S)c1=S.CN(C)CCOCCNc1c(C(C)(C)C)c(=S)c1=S.CN(CCOCCN)c1c(C(C)(C)C)c(=S)c1=S.CNCCOCCN(C)c1c(C(C)(C)C)c(=S)c1=S.CNCCOCCNc1c(C(C)(C)C)c(=S)c1=S. The first-order valence-corrected chi connectivity index (χ1v) is 45.1. The first kappa shape index (κ1) is 110. The summed E-state index contributed by atoms with van der Waals surface area (Å²) in [7, 11) is 14.1. The Kier molecular flexibility index (Phi) is 51.1. The largest absolute Gasteiger partial charge is 0.381 e. The molecule has 9 N–H and O–H groups in total. The molecule has 29 heteroatoms. The molecule has 114 heavy (non-hydrogen) atoms. The summed E-state index contributed by atoms with van der Waals surface area (Å²) in [6.07, 6.45) is 4.94. The third-order valence-corrected chi connectivity index (χ3v) is 24.0. The van der Waals surface area contributed by atoms with E-state index in [2.05, 4.69) is 204 Å². The number of hydrogen-bond acceptors (Lipinski definition) is 29. The predicted molar refractivity (Wildman–Crippen MR) is 525 cm³/mol. The predicted octanol–water partition coefficient (Wildman–Crippen LogP) is 20.4. The molecule has 0 amide bonds. The van der Waals surface area contributed by atoms with Gasteiger partial charge in [0.2, 0.25) is 0 Å². The van der Waals surface area contributed by atoms with Crippen LogP contribution in [0.5, 0.6) is 0 Å². The maximum absolute atomic E-state index is 5.54. The van der Waals surface area contributed by atoms with Crippen molar-refractivity contribution in [1.82, 2.24) is 20.4 Å². The zero-order valence-corrected chi connectivity index (χ0v) is 84.4. The molecule has 0 aliphatic heterocycles. The molecule has 6 aromatic carbocycles. The molecule has 0 aromatic heterocycles. The van der Waals surface area contributed by atoms with Gasteiger partial charge in [-0.3, -0.25) is 0 Å². The molecule has 0 saturated heterocycles. The van der Waals surface area contributed by atoms with E-state index in [4.69, 9.17) is 182 Å². The summed E-state index contributed by atoms with van der Waals surface area (Å²) in [5.74, 6) is 0. The molecule has 0 heterocycles. The van der Waals surface area contributed by atoms with Crippen molar-refractivity contribution in [2.45, 2.75) is 197 Å². The molecule has 6 aromatic rings. The summed E-state index contributed by atoms with van der Waals surface area (Å²) in [5, 5.41) is 16.1. The van der Waals surface area contributed by atoms with Crippen LogP contribution in [0.1, 0.15) is 198 Å². The van der Waals surface area contributed by atoms with Crippen molar-refractivity contribution in [1.29, 1.82) is 0 Å². The van der Waals surface area contributed by atoms with Gasteiger partial charge in [0.05, 0.1) is 154 Å². The quantitative estimate of drug-likeness (QED) is 0.0142. The number of unbranched alkanes of at least 4 members (excludes halogenated alkanes) is 1. The number of likely N-dealkylation sites (N-methyl/N-ethyl adjacent to an activating group) is 5. The minimum Gasteiger partial charge on any atom is -0.381 e. The second-order valence-electron chi connectivity index (χ2n) is 35.1. The second-order valence-corrected chi connectivity index (χ2v) is 40.0. The number of anilines is 6. The fourth-order valence-corrected chi connectivity index (χ4v) is 17.5. The summed E-state index contributed by atoms with van der Waals surface area (Å²) in [5.41, 5.74) is 24.8. The molecule has 0 aliphatic rings. The first-order chi connectivity index (χ1) is 52.9. The maximum Gasteiger partial charge on any atom is 0.0798 e. The molecule has 17 nitrogen and oxygen atoms in total. The molecule has 648 valence electrons. The third kappa shape index (κ3) is 35.4. The highest BCUT2D eigenvalue weighted by Gasteiger charge is 2.32. The lowest BCUT2D eigenvalue weighted by Gasteiger charge is -2.32. The van der Waals surface area contributed by atoms with Gasteiger partial charge in [-0.15, -0.1) is 0 Å². The van der Waals surface area contributed by atoms with Crippen LogP contribution in [-0.4, -0.2) is 217 Å². The van der Waals surface area contributed by atoms with Crippen LogP contribution in [0.25, 0.3) is 0 Å². The van der Waals surface area contributed by atoms with Crippen LogP contribution < -0.4 is 52.8 Å². The molecule has 6 rings (SSSR count). The van der Waals surface area contributed by atoms with Crippen LogP contribution in [0.4, 0.5) is 34.1 Å². The molecule has 0 bridgehead atoms. The monoisotopic (exact) mass is 1800 g/mol. The van der Waals surface area contributed by atoms with Crippen LogP contribution in [0, 0.1) is 54.1 Å². The van der Waals surface area contributed by atoms with Gasteiger partial charge in [0.1, 0.15) is 0 Å². The van der Waals surface area contributed by atoms with Crippen molar-refractivity contribution in [2.75, 3.05) is 238 Å². The van der Waals surface area contributed by atoms with Crippen molar-refractivity contribution in [2.24, 2.45) is 11.5 Å². The smallest absolute Gasteiger partial charge is 0.0798 e. The number of hydrogen-bond donors (Lipinski definition) is 7.